The molecule has 0 saturated carbocycles. The molecular formula is C20H23N3O4S2. The van der Waals surface area contributed by atoms with Gasteiger partial charge in [0.15, 0.2) is 5.58 Å². The second-order valence-electron chi connectivity index (χ2n) is 6.96. The van der Waals surface area contributed by atoms with Crippen molar-refractivity contribution in [3.8, 4) is 0 Å². The lowest BCUT2D eigenvalue weighted by Crippen LogP contribution is -2.22. The number of aromatic nitrogens is 1. The van der Waals surface area contributed by atoms with Crippen molar-refractivity contribution in [2.24, 2.45) is 0 Å². The van der Waals surface area contributed by atoms with Gasteiger partial charge in [0, 0.05) is 19.8 Å². The van der Waals surface area contributed by atoms with Gasteiger partial charge in [0.1, 0.15) is 5.52 Å². The molecule has 1 unspecified atom stereocenters. The summed E-state index contributed by atoms with van der Waals surface area (Å²) < 4.78 is 31.4. The summed E-state index contributed by atoms with van der Waals surface area (Å²) >= 11 is 1.18. The van der Waals surface area contributed by atoms with Gasteiger partial charge in [0.2, 0.25) is 15.9 Å². The molecule has 0 radical (unpaired) electrons. The van der Waals surface area contributed by atoms with Gasteiger partial charge in [-0.3, -0.25) is 4.79 Å². The summed E-state index contributed by atoms with van der Waals surface area (Å²) in [5.41, 5.74) is 3.78. The van der Waals surface area contributed by atoms with E-state index in [0.29, 0.717) is 16.3 Å². The fourth-order valence-corrected chi connectivity index (χ4v) is 4.38. The molecule has 0 fully saturated rings. The molecule has 0 aliphatic rings. The molecule has 1 aromatic heterocycles. The Labute approximate surface area is 174 Å². The molecule has 7 nitrogen and oxygen atoms in total. The molecule has 3 rings (SSSR count). The number of benzene rings is 2. The van der Waals surface area contributed by atoms with Gasteiger partial charge in [0.25, 0.3) is 5.22 Å². The van der Waals surface area contributed by atoms with E-state index in [4.69, 9.17) is 4.42 Å². The number of nitrogens with one attached hydrogen (secondary N) is 1. The van der Waals surface area contributed by atoms with Crippen molar-refractivity contribution in [2.45, 2.75) is 36.1 Å². The number of nitrogens with zero attached hydrogens (tertiary/aromatic N) is 2. The van der Waals surface area contributed by atoms with Gasteiger partial charge in [-0.2, -0.15) is 0 Å². The van der Waals surface area contributed by atoms with E-state index in [1.165, 1.54) is 38.0 Å². The van der Waals surface area contributed by atoms with Crippen molar-refractivity contribution in [3.05, 3.63) is 47.5 Å². The van der Waals surface area contributed by atoms with Crippen LogP contribution in [0.1, 0.15) is 18.1 Å². The van der Waals surface area contributed by atoms with Crippen LogP contribution < -0.4 is 5.32 Å². The third-order valence-electron chi connectivity index (χ3n) is 4.40. The predicted octanol–water partition coefficient (Wildman–Crippen LogP) is 3.81. The van der Waals surface area contributed by atoms with Crippen LogP contribution in [0.25, 0.3) is 11.1 Å². The standard InChI is InChI=1S/C20H23N3O4S2/c1-12-6-8-16(13(2)10-12)21-19(24)14(3)28-20-22-17-11-15(7-9-18(17)27-20)29(25,26)23(4)5/h6-11,14H,1-5H3,(H,21,24). The zero-order valence-corrected chi connectivity index (χ0v) is 18.5. The van der Waals surface area contributed by atoms with Crippen molar-refractivity contribution >= 4 is 44.5 Å². The zero-order valence-electron chi connectivity index (χ0n) is 16.9. The van der Waals surface area contributed by atoms with Crippen LogP contribution in [0.2, 0.25) is 0 Å². The van der Waals surface area contributed by atoms with Crippen LogP contribution in [0.3, 0.4) is 0 Å². The Morgan fingerprint density at radius 2 is 1.90 bits per heavy atom. The van der Waals surface area contributed by atoms with E-state index in [1.54, 1.807) is 13.0 Å². The van der Waals surface area contributed by atoms with E-state index in [2.05, 4.69) is 10.3 Å². The Balaban J connectivity index is 1.76. The number of amides is 1. The normalized spacial score (nSPS) is 13.0. The predicted molar refractivity (Wildman–Crippen MR) is 115 cm³/mol. The smallest absolute Gasteiger partial charge is 0.257 e. The van der Waals surface area contributed by atoms with Crippen molar-refractivity contribution in [2.75, 3.05) is 19.4 Å². The fourth-order valence-electron chi connectivity index (χ4n) is 2.70. The van der Waals surface area contributed by atoms with E-state index in [9.17, 15) is 13.2 Å². The Morgan fingerprint density at radius 3 is 2.55 bits per heavy atom. The first kappa shape index (κ1) is 21.4. The summed E-state index contributed by atoms with van der Waals surface area (Å²) in [6.45, 7) is 5.71. The summed E-state index contributed by atoms with van der Waals surface area (Å²) in [6.07, 6.45) is 0. The van der Waals surface area contributed by atoms with Crippen molar-refractivity contribution in [1.29, 1.82) is 0 Å². The first-order chi connectivity index (χ1) is 13.6. The Morgan fingerprint density at radius 1 is 1.17 bits per heavy atom. The molecule has 29 heavy (non-hydrogen) atoms. The minimum absolute atomic E-state index is 0.139. The second-order valence-corrected chi connectivity index (χ2v) is 10.4. The van der Waals surface area contributed by atoms with E-state index in [-0.39, 0.29) is 10.8 Å². The van der Waals surface area contributed by atoms with Gasteiger partial charge in [-0.05, 0) is 50.6 Å². The van der Waals surface area contributed by atoms with Crippen LogP contribution in [-0.4, -0.2) is 43.0 Å². The molecule has 154 valence electrons. The molecule has 1 N–H and O–H groups in total. The summed E-state index contributed by atoms with van der Waals surface area (Å²) in [6, 6.07) is 10.4. The number of carbonyl (C=O) groups excluding carboxylic acids is 1. The lowest BCUT2D eigenvalue weighted by Gasteiger charge is -2.12. The molecule has 0 bridgehead atoms. The first-order valence-electron chi connectivity index (χ1n) is 8.96. The number of sulfonamides is 1. The first-order valence-corrected chi connectivity index (χ1v) is 11.3. The van der Waals surface area contributed by atoms with E-state index in [1.807, 2.05) is 32.0 Å². The van der Waals surface area contributed by atoms with E-state index < -0.39 is 15.3 Å². The number of thioether (sulfide) groups is 1. The third kappa shape index (κ3) is 4.63. The van der Waals surface area contributed by atoms with Gasteiger partial charge in [-0.25, -0.2) is 17.7 Å². The average Bonchev–Trinajstić information content (AvgIpc) is 3.05. The molecule has 3 aromatic rings. The molecular weight excluding hydrogens is 410 g/mol. The number of carbonyl (C=O) groups is 1. The Kier molecular flexibility index (Phi) is 6.02. The van der Waals surface area contributed by atoms with Crippen molar-refractivity contribution < 1.29 is 17.6 Å². The highest BCUT2D eigenvalue weighted by Crippen LogP contribution is 2.29. The van der Waals surface area contributed by atoms with Crippen LogP contribution in [0, 0.1) is 13.8 Å². The summed E-state index contributed by atoms with van der Waals surface area (Å²) in [4.78, 5) is 17.0. The lowest BCUT2D eigenvalue weighted by atomic mass is 10.1. The summed E-state index contributed by atoms with van der Waals surface area (Å²) in [5, 5.41) is 2.78. The largest absolute Gasteiger partial charge is 0.431 e. The Hall–Kier alpha value is -2.36. The molecule has 1 atom stereocenters. The number of anilines is 1. The molecule has 0 saturated heterocycles. The summed E-state index contributed by atoms with van der Waals surface area (Å²) in [5.74, 6) is -0.167. The van der Waals surface area contributed by atoms with Crippen LogP contribution >= 0.6 is 11.8 Å². The van der Waals surface area contributed by atoms with Crippen LogP contribution in [0.15, 0.2) is 50.9 Å². The van der Waals surface area contributed by atoms with Gasteiger partial charge in [-0.1, -0.05) is 29.5 Å². The zero-order chi connectivity index (χ0) is 21.3. The number of hydrogen-bond donors (Lipinski definition) is 1. The van der Waals surface area contributed by atoms with Gasteiger partial charge in [-0.15, -0.1) is 0 Å². The monoisotopic (exact) mass is 433 g/mol. The van der Waals surface area contributed by atoms with Crippen molar-refractivity contribution in [3.63, 3.8) is 0 Å². The topological polar surface area (TPSA) is 92.5 Å². The highest BCUT2D eigenvalue weighted by molar-refractivity contribution is 8.00. The van der Waals surface area contributed by atoms with Crippen LogP contribution in [0.4, 0.5) is 5.69 Å². The molecule has 9 heteroatoms. The maximum atomic E-state index is 12.5. The second kappa shape index (κ2) is 8.17. The molecule has 1 heterocycles. The molecule has 0 aliphatic heterocycles. The quantitative estimate of drug-likeness (QED) is 0.594. The maximum Gasteiger partial charge on any atom is 0.257 e. The van der Waals surface area contributed by atoms with Gasteiger partial charge in [0.05, 0.1) is 10.1 Å². The minimum Gasteiger partial charge on any atom is -0.431 e. The van der Waals surface area contributed by atoms with Gasteiger partial charge < -0.3 is 9.73 Å². The highest BCUT2D eigenvalue weighted by Gasteiger charge is 2.21. The highest BCUT2D eigenvalue weighted by atomic mass is 32.2. The average molecular weight is 434 g/mol. The minimum atomic E-state index is -3.56. The van der Waals surface area contributed by atoms with Crippen molar-refractivity contribution in [1.82, 2.24) is 9.29 Å². The van der Waals surface area contributed by atoms with Crippen LogP contribution in [-0.2, 0) is 14.8 Å². The SMILES string of the molecule is Cc1ccc(NC(=O)C(C)Sc2nc3cc(S(=O)(=O)N(C)C)ccc3o2)c(C)c1. The number of rotatable bonds is 6. The third-order valence-corrected chi connectivity index (χ3v) is 7.16. The van der Waals surface area contributed by atoms with Crippen LogP contribution in [0.5, 0.6) is 0 Å². The lowest BCUT2D eigenvalue weighted by molar-refractivity contribution is -0.115. The summed E-state index contributed by atoms with van der Waals surface area (Å²) in [7, 11) is -0.613. The number of hydrogen-bond acceptors (Lipinski definition) is 6. The molecule has 0 spiro atoms. The molecule has 0 aliphatic carbocycles. The van der Waals surface area contributed by atoms with E-state index in [0.717, 1.165) is 21.1 Å². The number of aryl methyl sites for hydroxylation is 2. The molecule has 2 aromatic carbocycles. The van der Waals surface area contributed by atoms with Gasteiger partial charge >= 0.3 is 0 Å². The number of fused-ring (bicyclic) bond motifs is 1. The maximum absolute atomic E-state index is 12.5. The molecule has 1 amide bonds. The Bertz CT molecular complexity index is 1170. The van der Waals surface area contributed by atoms with E-state index >= 15 is 0 Å². The number of oxazole rings is 1. The fraction of sp³-hybridized carbons (Fsp3) is 0.300.